The summed E-state index contributed by atoms with van der Waals surface area (Å²) in [5.41, 5.74) is 2.39. The Kier molecular flexibility index (Phi) is 5.26. The third-order valence-electron chi connectivity index (χ3n) is 3.09. The number of benzene rings is 2. The molecule has 0 aromatic heterocycles. The van der Waals surface area contributed by atoms with Crippen molar-refractivity contribution in [2.24, 2.45) is 0 Å². The van der Waals surface area contributed by atoms with Crippen LogP contribution in [0.15, 0.2) is 48.5 Å². The van der Waals surface area contributed by atoms with Crippen molar-refractivity contribution in [3.8, 4) is 5.75 Å². The molecule has 3 nitrogen and oxygen atoms in total. The number of hydrogen-bond acceptors (Lipinski definition) is 2. The predicted molar refractivity (Wildman–Crippen MR) is 80.3 cm³/mol. The van der Waals surface area contributed by atoms with Gasteiger partial charge >= 0.3 is 6.18 Å². The van der Waals surface area contributed by atoms with Gasteiger partial charge in [0, 0.05) is 12.1 Å². The first-order chi connectivity index (χ1) is 10.8. The number of nitrogens with one attached hydrogen (secondary N) is 1. The van der Waals surface area contributed by atoms with E-state index >= 15 is 0 Å². The molecule has 23 heavy (non-hydrogen) atoms. The molecule has 1 N–H and O–H groups in total. The average molecular weight is 323 g/mol. The van der Waals surface area contributed by atoms with Crippen LogP contribution in [0.3, 0.4) is 0 Å². The molecule has 0 saturated heterocycles. The monoisotopic (exact) mass is 323 g/mol. The molecule has 0 saturated carbocycles. The SMILES string of the molecule is Cc1ccc(C(=O)NCc2ccc(OCC(F)(F)F)cc2)cc1. The van der Waals surface area contributed by atoms with E-state index in [1.54, 1.807) is 24.3 Å². The molecule has 0 unspecified atom stereocenters. The van der Waals surface area contributed by atoms with E-state index in [2.05, 4.69) is 10.1 Å². The first-order valence-electron chi connectivity index (χ1n) is 6.97. The van der Waals surface area contributed by atoms with Gasteiger partial charge in [0.25, 0.3) is 5.91 Å². The van der Waals surface area contributed by atoms with E-state index in [0.717, 1.165) is 11.1 Å². The Hall–Kier alpha value is -2.50. The highest BCUT2D eigenvalue weighted by Crippen LogP contribution is 2.18. The summed E-state index contributed by atoms with van der Waals surface area (Å²) >= 11 is 0. The number of ether oxygens (including phenoxy) is 1. The third kappa shape index (κ3) is 5.65. The summed E-state index contributed by atoms with van der Waals surface area (Å²) in [4.78, 5) is 11.9. The summed E-state index contributed by atoms with van der Waals surface area (Å²) in [5, 5.41) is 2.75. The van der Waals surface area contributed by atoms with Crippen LogP contribution in [-0.2, 0) is 6.54 Å². The lowest BCUT2D eigenvalue weighted by atomic mass is 10.1. The van der Waals surface area contributed by atoms with Crippen molar-refractivity contribution in [3.63, 3.8) is 0 Å². The van der Waals surface area contributed by atoms with Gasteiger partial charge in [-0.25, -0.2) is 0 Å². The lowest BCUT2D eigenvalue weighted by molar-refractivity contribution is -0.153. The van der Waals surface area contributed by atoms with Gasteiger partial charge in [-0.2, -0.15) is 13.2 Å². The van der Waals surface area contributed by atoms with Gasteiger partial charge in [-0.3, -0.25) is 4.79 Å². The number of alkyl halides is 3. The number of carbonyl (C=O) groups excluding carboxylic acids is 1. The molecular weight excluding hydrogens is 307 g/mol. The minimum absolute atomic E-state index is 0.135. The van der Waals surface area contributed by atoms with Crippen molar-refractivity contribution in [3.05, 3.63) is 65.2 Å². The largest absolute Gasteiger partial charge is 0.484 e. The lowest BCUT2D eigenvalue weighted by Crippen LogP contribution is -2.22. The van der Waals surface area contributed by atoms with Crippen LogP contribution in [0, 0.1) is 6.92 Å². The van der Waals surface area contributed by atoms with Crippen molar-refractivity contribution < 1.29 is 22.7 Å². The van der Waals surface area contributed by atoms with Crippen molar-refractivity contribution in [1.29, 1.82) is 0 Å². The van der Waals surface area contributed by atoms with Crippen LogP contribution in [0.1, 0.15) is 21.5 Å². The first-order valence-corrected chi connectivity index (χ1v) is 6.97. The van der Waals surface area contributed by atoms with Crippen LogP contribution in [0.25, 0.3) is 0 Å². The quantitative estimate of drug-likeness (QED) is 0.907. The van der Waals surface area contributed by atoms with Gasteiger partial charge in [-0.05, 0) is 36.8 Å². The molecule has 0 aliphatic heterocycles. The average Bonchev–Trinajstić information content (AvgIpc) is 2.51. The smallest absolute Gasteiger partial charge is 0.422 e. The number of amides is 1. The minimum atomic E-state index is -4.36. The zero-order chi connectivity index (χ0) is 16.9. The van der Waals surface area contributed by atoms with E-state index in [1.165, 1.54) is 12.1 Å². The Balaban J connectivity index is 1.86. The van der Waals surface area contributed by atoms with Crippen LogP contribution in [0.2, 0.25) is 0 Å². The van der Waals surface area contributed by atoms with Crippen LogP contribution in [0.4, 0.5) is 13.2 Å². The normalized spacial score (nSPS) is 11.1. The van der Waals surface area contributed by atoms with Crippen LogP contribution in [-0.4, -0.2) is 18.7 Å². The highest BCUT2D eigenvalue weighted by atomic mass is 19.4. The van der Waals surface area contributed by atoms with E-state index in [4.69, 9.17) is 0 Å². The zero-order valence-electron chi connectivity index (χ0n) is 12.5. The van der Waals surface area contributed by atoms with Crippen LogP contribution in [0.5, 0.6) is 5.75 Å². The summed E-state index contributed by atoms with van der Waals surface area (Å²) < 4.78 is 40.8. The predicted octanol–water partition coefficient (Wildman–Crippen LogP) is 3.87. The highest BCUT2D eigenvalue weighted by molar-refractivity contribution is 5.94. The number of rotatable bonds is 5. The molecule has 0 aliphatic carbocycles. The Morgan fingerprint density at radius 2 is 1.65 bits per heavy atom. The van der Waals surface area contributed by atoms with Gasteiger partial charge in [-0.1, -0.05) is 29.8 Å². The Morgan fingerprint density at radius 3 is 2.22 bits per heavy atom. The summed E-state index contributed by atoms with van der Waals surface area (Å²) in [6.45, 7) is 0.896. The molecule has 2 rings (SSSR count). The van der Waals surface area contributed by atoms with Gasteiger partial charge < -0.3 is 10.1 Å². The lowest BCUT2D eigenvalue weighted by Gasteiger charge is -2.10. The maximum Gasteiger partial charge on any atom is 0.422 e. The maximum atomic E-state index is 12.0. The van der Waals surface area contributed by atoms with Gasteiger partial charge in [0.05, 0.1) is 0 Å². The van der Waals surface area contributed by atoms with Crippen molar-refractivity contribution in [1.82, 2.24) is 5.32 Å². The molecule has 122 valence electrons. The van der Waals surface area contributed by atoms with Crippen molar-refractivity contribution >= 4 is 5.91 Å². The molecular formula is C17H16F3NO2. The number of aryl methyl sites for hydroxylation is 1. The Bertz CT molecular complexity index is 649. The molecule has 0 aliphatic rings. The van der Waals surface area contributed by atoms with Crippen LogP contribution < -0.4 is 10.1 Å². The van der Waals surface area contributed by atoms with Gasteiger partial charge in [0.1, 0.15) is 5.75 Å². The minimum Gasteiger partial charge on any atom is -0.484 e. The fraction of sp³-hybridized carbons (Fsp3) is 0.235. The van der Waals surface area contributed by atoms with E-state index in [1.807, 2.05) is 19.1 Å². The summed E-state index contributed by atoms with van der Waals surface area (Å²) in [6.07, 6.45) is -4.36. The number of halogens is 3. The third-order valence-corrected chi connectivity index (χ3v) is 3.09. The fourth-order valence-electron chi connectivity index (χ4n) is 1.86. The Labute approximate surface area is 132 Å². The molecule has 0 spiro atoms. The summed E-state index contributed by atoms with van der Waals surface area (Å²) in [7, 11) is 0. The molecule has 0 radical (unpaired) electrons. The first kappa shape index (κ1) is 16.9. The molecule has 6 heteroatoms. The topological polar surface area (TPSA) is 38.3 Å². The van der Waals surface area contributed by atoms with Crippen LogP contribution >= 0.6 is 0 Å². The van der Waals surface area contributed by atoms with E-state index in [9.17, 15) is 18.0 Å². The molecule has 0 bridgehead atoms. The molecule has 0 heterocycles. The molecule has 0 atom stereocenters. The van der Waals surface area contributed by atoms with Crippen molar-refractivity contribution in [2.45, 2.75) is 19.6 Å². The zero-order valence-corrected chi connectivity index (χ0v) is 12.5. The fourth-order valence-corrected chi connectivity index (χ4v) is 1.86. The second kappa shape index (κ2) is 7.17. The highest BCUT2D eigenvalue weighted by Gasteiger charge is 2.28. The number of carbonyl (C=O) groups is 1. The second-order valence-corrected chi connectivity index (χ2v) is 5.10. The van der Waals surface area contributed by atoms with Gasteiger partial charge in [-0.15, -0.1) is 0 Å². The van der Waals surface area contributed by atoms with Gasteiger partial charge in [0.15, 0.2) is 6.61 Å². The Morgan fingerprint density at radius 1 is 1.04 bits per heavy atom. The molecule has 0 fully saturated rings. The second-order valence-electron chi connectivity index (χ2n) is 5.10. The standard InChI is InChI=1S/C17H16F3NO2/c1-12-2-6-14(7-3-12)16(22)21-10-13-4-8-15(9-5-13)23-11-17(18,19)20/h2-9H,10-11H2,1H3,(H,21,22). The van der Waals surface area contributed by atoms with Crippen molar-refractivity contribution in [2.75, 3.05) is 6.61 Å². The molecule has 1 amide bonds. The van der Waals surface area contributed by atoms with E-state index in [-0.39, 0.29) is 18.2 Å². The van der Waals surface area contributed by atoms with E-state index < -0.39 is 12.8 Å². The maximum absolute atomic E-state index is 12.0. The summed E-state index contributed by atoms with van der Waals surface area (Å²) in [5.74, 6) is -0.0710. The van der Waals surface area contributed by atoms with Gasteiger partial charge in [0.2, 0.25) is 0 Å². The molecule has 2 aromatic rings. The number of hydrogen-bond donors (Lipinski definition) is 1. The summed E-state index contributed by atoms with van der Waals surface area (Å²) in [6, 6.07) is 13.3. The van der Waals surface area contributed by atoms with E-state index in [0.29, 0.717) is 5.56 Å². The molecule has 2 aromatic carbocycles.